The Morgan fingerprint density at radius 1 is 1.38 bits per heavy atom. The van der Waals surface area contributed by atoms with Gasteiger partial charge in [0.15, 0.2) is 0 Å². The molecule has 0 aromatic heterocycles. The number of ether oxygens (including phenoxy) is 1. The van der Waals surface area contributed by atoms with Gasteiger partial charge in [0.05, 0.1) is 5.60 Å². The van der Waals surface area contributed by atoms with Crippen molar-refractivity contribution in [3.05, 3.63) is 0 Å². The lowest BCUT2D eigenvalue weighted by atomic mass is 10.0. The Kier molecular flexibility index (Phi) is 5.42. The first-order valence-electron chi connectivity index (χ1n) is 5.83. The third-order valence-corrected chi connectivity index (χ3v) is 2.51. The Morgan fingerprint density at radius 2 is 1.88 bits per heavy atom. The van der Waals surface area contributed by atoms with Crippen LogP contribution in [0, 0.1) is 0 Å². The summed E-state index contributed by atoms with van der Waals surface area (Å²) in [7, 11) is 0. The second-order valence-corrected chi connectivity index (χ2v) is 5.51. The Hall–Kier alpha value is -0.610. The topological polar surface area (TPSA) is 64.3 Å². The first kappa shape index (κ1) is 15.4. The molecule has 2 unspecified atom stereocenters. The second-order valence-electron chi connectivity index (χ2n) is 5.51. The Balaban J connectivity index is 4.36. The molecule has 0 spiro atoms. The monoisotopic (exact) mass is 230 g/mol. The molecule has 0 saturated carbocycles. The van der Waals surface area contributed by atoms with E-state index in [1.165, 1.54) is 0 Å². The van der Waals surface area contributed by atoms with Crippen molar-refractivity contribution < 1.29 is 9.53 Å². The minimum atomic E-state index is -0.479. The van der Waals surface area contributed by atoms with Gasteiger partial charge in [0.25, 0.3) is 0 Å². The van der Waals surface area contributed by atoms with Gasteiger partial charge in [0.1, 0.15) is 6.10 Å². The smallest absolute Gasteiger partial charge is 0.249 e. The number of amides is 1. The summed E-state index contributed by atoms with van der Waals surface area (Å²) >= 11 is 0. The predicted molar refractivity (Wildman–Crippen MR) is 66.2 cm³/mol. The highest BCUT2D eigenvalue weighted by Crippen LogP contribution is 2.16. The highest BCUT2D eigenvalue weighted by atomic mass is 16.5. The lowest BCUT2D eigenvalue weighted by molar-refractivity contribution is -0.144. The summed E-state index contributed by atoms with van der Waals surface area (Å²) in [6.45, 7) is 11.9. The predicted octanol–water partition coefficient (Wildman–Crippen LogP) is 1.43. The Bertz CT molecular complexity index is 230. The molecule has 0 aliphatic rings. The van der Waals surface area contributed by atoms with Crippen LogP contribution in [0.3, 0.4) is 0 Å². The molecular formula is C12H26N2O2. The van der Waals surface area contributed by atoms with Gasteiger partial charge in [0, 0.05) is 12.1 Å². The average Bonchev–Trinajstić information content (AvgIpc) is 2.15. The number of carbonyl (C=O) groups is 1. The first-order chi connectivity index (χ1) is 7.13. The van der Waals surface area contributed by atoms with Crippen molar-refractivity contribution in [3.8, 4) is 0 Å². The van der Waals surface area contributed by atoms with Crippen LogP contribution < -0.4 is 11.1 Å². The molecule has 3 N–H and O–H groups in total. The quantitative estimate of drug-likeness (QED) is 0.751. The zero-order chi connectivity index (χ0) is 13.0. The van der Waals surface area contributed by atoms with E-state index in [4.69, 9.17) is 10.5 Å². The Labute approximate surface area is 98.9 Å². The molecule has 0 radical (unpaired) electrons. The van der Waals surface area contributed by atoms with Crippen molar-refractivity contribution in [2.45, 2.75) is 65.2 Å². The van der Waals surface area contributed by atoms with Gasteiger partial charge in [-0.25, -0.2) is 0 Å². The van der Waals surface area contributed by atoms with Crippen molar-refractivity contribution in [2.24, 2.45) is 5.73 Å². The number of carbonyl (C=O) groups excluding carboxylic acids is 1. The van der Waals surface area contributed by atoms with Crippen LogP contribution in [-0.2, 0) is 9.53 Å². The van der Waals surface area contributed by atoms with Gasteiger partial charge in [-0.3, -0.25) is 4.79 Å². The summed E-state index contributed by atoms with van der Waals surface area (Å²) in [5.74, 6) is -0.0966. The first-order valence-corrected chi connectivity index (χ1v) is 5.83. The van der Waals surface area contributed by atoms with Gasteiger partial charge in [-0.1, -0.05) is 6.92 Å². The van der Waals surface area contributed by atoms with Gasteiger partial charge in [-0.05, 0) is 41.0 Å². The van der Waals surface area contributed by atoms with Crippen LogP contribution in [0.2, 0.25) is 0 Å². The maximum absolute atomic E-state index is 11.8. The number of rotatable bonds is 5. The van der Waals surface area contributed by atoms with Gasteiger partial charge in [-0.15, -0.1) is 0 Å². The summed E-state index contributed by atoms with van der Waals surface area (Å²) in [6, 6.07) is 0. The van der Waals surface area contributed by atoms with E-state index < -0.39 is 11.7 Å². The van der Waals surface area contributed by atoms with Crippen LogP contribution in [0.1, 0.15) is 48.0 Å². The number of hydrogen-bond donors (Lipinski definition) is 2. The summed E-state index contributed by atoms with van der Waals surface area (Å²) in [5, 5.41) is 2.88. The van der Waals surface area contributed by atoms with Crippen molar-refractivity contribution in [1.82, 2.24) is 5.32 Å². The van der Waals surface area contributed by atoms with Crippen molar-refractivity contribution in [1.29, 1.82) is 0 Å². The molecule has 1 amide bonds. The maximum Gasteiger partial charge on any atom is 0.249 e. The lowest BCUT2D eigenvalue weighted by Crippen LogP contribution is -2.49. The molecule has 0 heterocycles. The molecule has 2 atom stereocenters. The fraction of sp³-hybridized carbons (Fsp3) is 0.917. The third kappa shape index (κ3) is 5.47. The lowest BCUT2D eigenvalue weighted by Gasteiger charge is -2.31. The fourth-order valence-electron chi connectivity index (χ4n) is 1.23. The zero-order valence-electron chi connectivity index (χ0n) is 11.4. The zero-order valence-corrected chi connectivity index (χ0v) is 11.4. The van der Waals surface area contributed by atoms with Crippen LogP contribution in [0.5, 0.6) is 0 Å². The van der Waals surface area contributed by atoms with Crippen LogP contribution in [0.25, 0.3) is 0 Å². The average molecular weight is 230 g/mol. The van der Waals surface area contributed by atoms with Crippen molar-refractivity contribution in [2.75, 3.05) is 6.54 Å². The van der Waals surface area contributed by atoms with Crippen molar-refractivity contribution in [3.63, 3.8) is 0 Å². The van der Waals surface area contributed by atoms with E-state index in [-0.39, 0.29) is 11.4 Å². The minimum absolute atomic E-state index is 0.0966. The molecule has 0 aliphatic heterocycles. The van der Waals surface area contributed by atoms with Crippen LogP contribution in [-0.4, -0.2) is 29.7 Å². The number of hydrogen-bond acceptors (Lipinski definition) is 3. The molecule has 4 heteroatoms. The van der Waals surface area contributed by atoms with Crippen molar-refractivity contribution >= 4 is 5.91 Å². The summed E-state index contributed by atoms with van der Waals surface area (Å²) in [6.07, 6.45) is 0.309. The maximum atomic E-state index is 11.8. The van der Waals surface area contributed by atoms with E-state index >= 15 is 0 Å². The molecule has 0 saturated heterocycles. The van der Waals surface area contributed by atoms with E-state index in [0.29, 0.717) is 6.54 Å². The molecular weight excluding hydrogens is 204 g/mol. The molecule has 0 aromatic carbocycles. The molecule has 96 valence electrons. The molecule has 0 aliphatic carbocycles. The highest BCUT2D eigenvalue weighted by Gasteiger charge is 2.28. The molecule has 0 aromatic rings. The van der Waals surface area contributed by atoms with E-state index in [1.807, 2.05) is 34.6 Å². The standard InChI is InChI=1S/C12H26N2O2/c1-7-12(6,8-13)16-9(2)10(15)14-11(3,4)5/h9H,7-8,13H2,1-6H3,(H,14,15). The summed E-state index contributed by atoms with van der Waals surface area (Å²) in [5.41, 5.74) is 4.98. The second kappa shape index (κ2) is 5.64. The van der Waals surface area contributed by atoms with E-state index in [9.17, 15) is 4.79 Å². The fourth-order valence-corrected chi connectivity index (χ4v) is 1.23. The molecule has 16 heavy (non-hydrogen) atoms. The van der Waals surface area contributed by atoms with Crippen LogP contribution in [0.4, 0.5) is 0 Å². The van der Waals surface area contributed by atoms with E-state index in [1.54, 1.807) is 6.92 Å². The molecule has 0 fully saturated rings. The van der Waals surface area contributed by atoms with Gasteiger partial charge < -0.3 is 15.8 Å². The number of nitrogens with one attached hydrogen (secondary N) is 1. The third-order valence-electron chi connectivity index (χ3n) is 2.51. The largest absolute Gasteiger partial charge is 0.361 e. The minimum Gasteiger partial charge on any atom is -0.361 e. The van der Waals surface area contributed by atoms with Crippen LogP contribution in [0.15, 0.2) is 0 Å². The summed E-state index contributed by atoms with van der Waals surface area (Å²) < 4.78 is 5.71. The van der Waals surface area contributed by atoms with Gasteiger partial charge in [-0.2, -0.15) is 0 Å². The van der Waals surface area contributed by atoms with E-state index in [0.717, 1.165) is 6.42 Å². The van der Waals surface area contributed by atoms with Gasteiger partial charge in [0.2, 0.25) is 5.91 Å². The highest BCUT2D eigenvalue weighted by molar-refractivity contribution is 5.81. The molecule has 0 bridgehead atoms. The molecule has 4 nitrogen and oxygen atoms in total. The van der Waals surface area contributed by atoms with Gasteiger partial charge >= 0.3 is 0 Å². The van der Waals surface area contributed by atoms with E-state index in [2.05, 4.69) is 5.32 Å². The Morgan fingerprint density at radius 3 is 2.19 bits per heavy atom. The SMILES string of the molecule is CCC(C)(CN)OC(C)C(=O)NC(C)(C)C. The molecule has 0 rings (SSSR count). The normalized spacial score (nSPS) is 17.7. The number of nitrogens with two attached hydrogens (primary N) is 1. The van der Waals surface area contributed by atoms with Crippen LogP contribution >= 0.6 is 0 Å². The summed E-state index contributed by atoms with van der Waals surface area (Å²) in [4.78, 5) is 11.8.